The zero-order valence-corrected chi connectivity index (χ0v) is 12.0. The summed E-state index contributed by atoms with van der Waals surface area (Å²) in [5, 5.41) is 10.9. The van der Waals surface area contributed by atoms with Crippen molar-refractivity contribution in [3.63, 3.8) is 0 Å². The fourth-order valence-corrected chi connectivity index (χ4v) is 1.84. The molecule has 0 aromatic heterocycles. The second kappa shape index (κ2) is 7.16. The van der Waals surface area contributed by atoms with Crippen LogP contribution >= 0.6 is 0 Å². The fourth-order valence-electron chi connectivity index (χ4n) is 1.84. The smallest absolute Gasteiger partial charge is 0.416 e. The minimum Gasteiger partial charge on any atom is -0.484 e. The van der Waals surface area contributed by atoms with Gasteiger partial charge in [0.15, 0.2) is 0 Å². The predicted octanol–water partition coefficient (Wildman–Crippen LogP) is 4.75. The number of rotatable bonds is 6. The first-order valence-corrected chi connectivity index (χ1v) is 6.63. The van der Waals surface area contributed by atoms with Gasteiger partial charge in [0, 0.05) is 12.1 Å². The van der Waals surface area contributed by atoms with Gasteiger partial charge in [-0.3, -0.25) is 10.1 Å². The van der Waals surface area contributed by atoms with Crippen molar-refractivity contribution in [3.8, 4) is 17.2 Å². The SMILES string of the molecule is O=[N+]([O-])c1ccc(Oc2cccc(C(F)(F)F)c2)cc1OCCF. The summed E-state index contributed by atoms with van der Waals surface area (Å²) in [5.41, 5.74) is -1.30. The van der Waals surface area contributed by atoms with Crippen molar-refractivity contribution in [2.24, 2.45) is 0 Å². The Kier molecular flexibility index (Phi) is 5.22. The van der Waals surface area contributed by atoms with Crippen molar-refractivity contribution < 1.29 is 32.0 Å². The quantitative estimate of drug-likeness (QED) is 0.430. The fraction of sp³-hybridized carbons (Fsp3) is 0.200. The van der Waals surface area contributed by atoms with Gasteiger partial charge in [0.05, 0.1) is 10.5 Å². The summed E-state index contributed by atoms with van der Waals surface area (Å²) in [4.78, 5) is 10.2. The van der Waals surface area contributed by atoms with Gasteiger partial charge >= 0.3 is 11.9 Å². The molecule has 5 nitrogen and oxygen atoms in total. The summed E-state index contributed by atoms with van der Waals surface area (Å²) in [7, 11) is 0. The highest BCUT2D eigenvalue weighted by Gasteiger charge is 2.30. The molecule has 0 radical (unpaired) electrons. The van der Waals surface area contributed by atoms with Crippen LogP contribution in [-0.2, 0) is 6.18 Å². The van der Waals surface area contributed by atoms with E-state index in [1.165, 1.54) is 18.2 Å². The van der Waals surface area contributed by atoms with E-state index in [1.807, 2.05) is 0 Å². The lowest BCUT2D eigenvalue weighted by Gasteiger charge is -2.11. The third kappa shape index (κ3) is 4.34. The van der Waals surface area contributed by atoms with E-state index in [0.29, 0.717) is 0 Å². The maximum atomic E-state index is 12.7. The zero-order valence-electron chi connectivity index (χ0n) is 12.0. The van der Waals surface area contributed by atoms with Crippen molar-refractivity contribution in [2.75, 3.05) is 13.3 Å². The van der Waals surface area contributed by atoms with Gasteiger partial charge in [-0.15, -0.1) is 0 Å². The van der Waals surface area contributed by atoms with E-state index in [9.17, 15) is 27.7 Å². The van der Waals surface area contributed by atoms with Crippen molar-refractivity contribution >= 4 is 5.69 Å². The number of benzene rings is 2. The van der Waals surface area contributed by atoms with E-state index in [2.05, 4.69) is 0 Å². The Bertz CT molecular complexity index is 734. The number of nitrogens with zero attached hydrogens (tertiary/aromatic N) is 1. The molecule has 0 N–H and O–H groups in total. The molecule has 2 aromatic carbocycles. The number of hydrogen-bond acceptors (Lipinski definition) is 4. The lowest BCUT2D eigenvalue weighted by molar-refractivity contribution is -0.385. The first-order valence-electron chi connectivity index (χ1n) is 6.63. The minimum absolute atomic E-state index is 0.0220. The van der Waals surface area contributed by atoms with Crippen LogP contribution in [0.3, 0.4) is 0 Å². The number of hydrogen-bond donors (Lipinski definition) is 0. The third-order valence-electron chi connectivity index (χ3n) is 2.86. The molecule has 9 heteroatoms. The van der Waals surface area contributed by atoms with Crippen LogP contribution in [0.15, 0.2) is 42.5 Å². The molecule has 0 atom stereocenters. The summed E-state index contributed by atoms with van der Waals surface area (Å²) in [5.74, 6) is -0.314. The Labute approximate surface area is 133 Å². The first-order chi connectivity index (χ1) is 11.3. The second-order valence-electron chi connectivity index (χ2n) is 4.55. The van der Waals surface area contributed by atoms with Crippen LogP contribution in [0.2, 0.25) is 0 Å². The summed E-state index contributed by atoms with van der Waals surface area (Å²) in [6.07, 6.45) is -4.52. The molecular weight excluding hydrogens is 334 g/mol. The van der Waals surface area contributed by atoms with Gasteiger partial charge in [0.1, 0.15) is 24.8 Å². The molecule has 0 aliphatic carbocycles. The van der Waals surface area contributed by atoms with Crippen LogP contribution in [0.1, 0.15) is 5.56 Å². The predicted molar refractivity (Wildman–Crippen MR) is 76.1 cm³/mol. The van der Waals surface area contributed by atoms with Crippen LogP contribution in [0.5, 0.6) is 17.2 Å². The summed E-state index contributed by atoms with van der Waals surface area (Å²) >= 11 is 0. The lowest BCUT2D eigenvalue weighted by Crippen LogP contribution is -2.04. The van der Waals surface area contributed by atoms with Gasteiger partial charge in [-0.2, -0.15) is 13.2 Å². The van der Waals surface area contributed by atoms with Crippen molar-refractivity contribution in [2.45, 2.75) is 6.18 Å². The Morgan fingerprint density at radius 2 is 1.79 bits per heavy atom. The van der Waals surface area contributed by atoms with Crippen LogP contribution in [-0.4, -0.2) is 18.2 Å². The van der Waals surface area contributed by atoms with Gasteiger partial charge in [-0.25, -0.2) is 4.39 Å². The van der Waals surface area contributed by atoms with Crippen LogP contribution < -0.4 is 9.47 Å². The molecule has 128 valence electrons. The number of nitro groups is 1. The summed E-state index contributed by atoms with van der Waals surface area (Å²) < 4.78 is 60.4. The molecule has 0 saturated carbocycles. The van der Waals surface area contributed by atoms with Gasteiger partial charge in [-0.05, 0) is 24.3 Å². The maximum Gasteiger partial charge on any atom is 0.416 e. The molecule has 0 bridgehead atoms. The molecule has 0 aliphatic heterocycles. The van der Waals surface area contributed by atoms with E-state index < -0.39 is 35.6 Å². The van der Waals surface area contributed by atoms with Crippen LogP contribution in [0, 0.1) is 10.1 Å². The number of ether oxygens (including phenoxy) is 2. The molecular formula is C15H11F4NO4. The Hall–Kier alpha value is -2.84. The normalized spacial score (nSPS) is 11.2. The molecule has 0 fully saturated rings. The topological polar surface area (TPSA) is 61.6 Å². The van der Waals surface area contributed by atoms with Gasteiger partial charge in [-0.1, -0.05) is 6.07 Å². The summed E-state index contributed by atoms with van der Waals surface area (Å²) in [6, 6.07) is 7.55. The van der Waals surface area contributed by atoms with Crippen LogP contribution in [0.4, 0.5) is 23.2 Å². The average Bonchev–Trinajstić information content (AvgIpc) is 2.52. The Morgan fingerprint density at radius 3 is 2.42 bits per heavy atom. The number of halogens is 4. The molecule has 2 aromatic rings. The number of nitro benzene ring substituents is 1. The molecule has 0 unspecified atom stereocenters. The van der Waals surface area contributed by atoms with E-state index >= 15 is 0 Å². The highest BCUT2D eigenvalue weighted by Crippen LogP contribution is 2.35. The molecule has 0 aliphatic rings. The van der Waals surface area contributed by atoms with E-state index in [-0.39, 0.29) is 17.2 Å². The number of alkyl halides is 4. The molecule has 0 amide bonds. The van der Waals surface area contributed by atoms with Crippen molar-refractivity contribution in [1.29, 1.82) is 0 Å². The second-order valence-corrected chi connectivity index (χ2v) is 4.55. The van der Waals surface area contributed by atoms with Crippen LogP contribution in [0.25, 0.3) is 0 Å². The highest BCUT2D eigenvalue weighted by atomic mass is 19.4. The molecule has 24 heavy (non-hydrogen) atoms. The Morgan fingerprint density at radius 1 is 1.08 bits per heavy atom. The standard InChI is InChI=1S/C15H11F4NO4/c16-6-7-23-14-9-12(4-5-13(14)20(21)22)24-11-3-1-2-10(8-11)15(17,18)19/h1-5,8-9H,6-7H2. The average molecular weight is 345 g/mol. The first kappa shape index (κ1) is 17.5. The van der Waals surface area contributed by atoms with Gasteiger partial charge in [0.25, 0.3) is 0 Å². The van der Waals surface area contributed by atoms with Gasteiger partial charge in [0.2, 0.25) is 5.75 Å². The summed E-state index contributed by atoms with van der Waals surface area (Å²) in [6.45, 7) is -1.25. The van der Waals surface area contributed by atoms with E-state index in [4.69, 9.17) is 9.47 Å². The lowest BCUT2D eigenvalue weighted by atomic mass is 10.2. The van der Waals surface area contributed by atoms with Gasteiger partial charge < -0.3 is 9.47 Å². The Balaban J connectivity index is 2.28. The van der Waals surface area contributed by atoms with E-state index in [1.54, 1.807) is 0 Å². The molecule has 2 rings (SSSR count). The third-order valence-corrected chi connectivity index (χ3v) is 2.86. The van der Waals surface area contributed by atoms with Crippen molar-refractivity contribution in [3.05, 3.63) is 58.1 Å². The molecule has 0 saturated heterocycles. The van der Waals surface area contributed by atoms with Crippen molar-refractivity contribution in [1.82, 2.24) is 0 Å². The highest BCUT2D eigenvalue weighted by molar-refractivity contribution is 5.51. The monoisotopic (exact) mass is 345 g/mol. The zero-order chi connectivity index (χ0) is 17.7. The largest absolute Gasteiger partial charge is 0.484 e. The minimum atomic E-state index is -4.52. The maximum absolute atomic E-state index is 12.7. The molecule has 0 spiro atoms. The van der Waals surface area contributed by atoms with E-state index in [0.717, 1.165) is 24.3 Å². The molecule has 0 heterocycles.